The normalized spacial score (nSPS) is 28.6. The lowest BCUT2D eigenvalue weighted by Gasteiger charge is -2.40. The van der Waals surface area contributed by atoms with Crippen LogP contribution in [0.5, 0.6) is 0 Å². The van der Waals surface area contributed by atoms with E-state index in [-0.39, 0.29) is 30.0 Å². The summed E-state index contributed by atoms with van der Waals surface area (Å²) in [6.07, 6.45) is 7.85. The molecule has 0 saturated carbocycles. The van der Waals surface area contributed by atoms with Crippen molar-refractivity contribution in [2.24, 2.45) is 11.7 Å². The van der Waals surface area contributed by atoms with E-state index in [1.54, 1.807) is 0 Å². The lowest BCUT2D eigenvalue weighted by molar-refractivity contribution is -0.0415. The van der Waals surface area contributed by atoms with Gasteiger partial charge in [-0.2, -0.15) is 10.4 Å². The maximum Gasteiger partial charge on any atom is 0.166 e. The maximum atomic E-state index is 14.7. The molecule has 39 heavy (non-hydrogen) atoms. The van der Waals surface area contributed by atoms with Gasteiger partial charge in [0.15, 0.2) is 5.82 Å². The number of anilines is 2. The van der Waals surface area contributed by atoms with E-state index >= 15 is 0 Å². The van der Waals surface area contributed by atoms with Crippen LogP contribution in [0.3, 0.4) is 0 Å². The molecular weight excluding hydrogens is 497 g/mol. The first-order valence-electron chi connectivity index (χ1n) is 14.2. The second-order valence-corrected chi connectivity index (χ2v) is 11.3. The molecule has 3 fully saturated rings. The lowest BCUT2D eigenvalue weighted by Crippen LogP contribution is -2.52. The largest absolute Gasteiger partial charge is 0.373 e. The third-order valence-electron chi connectivity index (χ3n) is 8.59. The number of halogens is 1. The summed E-state index contributed by atoms with van der Waals surface area (Å²) >= 11 is 0. The first kappa shape index (κ1) is 26.2. The van der Waals surface area contributed by atoms with E-state index in [2.05, 4.69) is 50.2 Å². The third-order valence-corrected chi connectivity index (χ3v) is 8.59. The number of allylic oxidation sites excluding steroid dienone is 1. The van der Waals surface area contributed by atoms with Crippen LogP contribution in [0.15, 0.2) is 30.6 Å². The highest BCUT2D eigenvalue weighted by Gasteiger charge is 2.37. The monoisotopic (exact) mass is 535 g/mol. The highest BCUT2D eigenvalue weighted by molar-refractivity contribution is 5.63. The number of pyridine rings is 1. The molecule has 4 aliphatic heterocycles. The Kier molecular flexibility index (Phi) is 7.53. The van der Waals surface area contributed by atoms with Crippen molar-refractivity contribution in [1.29, 1.82) is 5.26 Å². The minimum absolute atomic E-state index is 0.000143. The molecule has 0 amide bonds. The predicted octanol–water partition coefficient (Wildman–Crippen LogP) is 1.97. The molecule has 11 heteroatoms. The van der Waals surface area contributed by atoms with Gasteiger partial charge in [0, 0.05) is 64.3 Å². The third kappa shape index (κ3) is 5.52. The molecule has 2 aromatic rings. The van der Waals surface area contributed by atoms with Crippen LogP contribution in [0.2, 0.25) is 0 Å². The zero-order valence-corrected chi connectivity index (χ0v) is 22.5. The van der Waals surface area contributed by atoms with Crippen molar-refractivity contribution >= 4 is 17.2 Å². The summed E-state index contributed by atoms with van der Waals surface area (Å²) < 4.78 is 22.6. The molecule has 208 valence electrons. The number of ether oxygens (including phenoxy) is 1. The van der Waals surface area contributed by atoms with Crippen LogP contribution in [0.1, 0.15) is 37.9 Å². The summed E-state index contributed by atoms with van der Waals surface area (Å²) in [5, 5.41) is 17.2. The summed E-state index contributed by atoms with van der Waals surface area (Å²) in [5.74, 6) is 0.642. The van der Waals surface area contributed by atoms with Gasteiger partial charge in [0.1, 0.15) is 17.6 Å². The molecule has 0 bridgehead atoms. The van der Waals surface area contributed by atoms with Crippen LogP contribution in [-0.2, 0) is 4.74 Å². The molecule has 4 atom stereocenters. The summed E-state index contributed by atoms with van der Waals surface area (Å²) in [6.45, 7) is 9.21. The highest BCUT2D eigenvalue weighted by Crippen LogP contribution is 2.37. The Bertz CT molecular complexity index is 1210. The molecule has 0 aromatic carbocycles. The predicted molar refractivity (Wildman–Crippen MR) is 148 cm³/mol. The Hall–Kier alpha value is -3.04. The van der Waals surface area contributed by atoms with E-state index in [9.17, 15) is 9.65 Å². The van der Waals surface area contributed by atoms with Gasteiger partial charge in [-0.05, 0) is 44.4 Å². The number of piperidine rings is 1. The average molecular weight is 536 g/mol. The molecule has 0 radical (unpaired) electrons. The number of hydrogen-bond acceptors (Lipinski definition) is 9. The molecular formula is C28H38FN9O. The van der Waals surface area contributed by atoms with E-state index in [1.807, 2.05) is 12.3 Å². The van der Waals surface area contributed by atoms with Crippen LogP contribution in [0.4, 0.5) is 15.9 Å². The molecule has 0 spiro atoms. The van der Waals surface area contributed by atoms with Gasteiger partial charge in [0.25, 0.3) is 0 Å². The fraction of sp³-hybridized carbons (Fsp3) is 0.607. The van der Waals surface area contributed by atoms with E-state index in [0.717, 1.165) is 70.2 Å². The zero-order chi connectivity index (χ0) is 26.9. The Labute approximate surface area is 229 Å². The van der Waals surface area contributed by atoms with Crippen molar-refractivity contribution in [2.75, 3.05) is 62.2 Å². The topological polar surface area (TPSA) is 112 Å². The second-order valence-electron chi connectivity index (χ2n) is 11.3. The Morgan fingerprint density at radius 3 is 2.64 bits per heavy atom. The first-order chi connectivity index (χ1) is 19.0. The summed E-state index contributed by atoms with van der Waals surface area (Å²) in [4.78, 5) is 11.9. The summed E-state index contributed by atoms with van der Waals surface area (Å²) in [7, 11) is 0. The fourth-order valence-electron chi connectivity index (χ4n) is 6.46. The van der Waals surface area contributed by atoms with Gasteiger partial charge in [-0.15, -0.1) is 0 Å². The quantitative estimate of drug-likeness (QED) is 0.607. The smallest absolute Gasteiger partial charge is 0.166 e. The minimum atomic E-state index is -0.372. The highest BCUT2D eigenvalue weighted by atomic mass is 19.1. The van der Waals surface area contributed by atoms with Gasteiger partial charge in [-0.25, -0.2) is 14.1 Å². The van der Waals surface area contributed by atoms with Crippen molar-refractivity contribution in [3.8, 4) is 6.07 Å². The number of nitrogens with one attached hydrogen (secondary N) is 1. The van der Waals surface area contributed by atoms with Crippen molar-refractivity contribution < 1.29 is 9.13 Å². The van der Waals surface area contributed by atoms with Crippen LogP contribution in [0, 0.1) is 23.1 Å². The number of fused-ring (bicyclic) bond motifs is 3. The number of hydrogen-bond donors (Lipinski definition) is 2. The second kappa shape index (κ2) is 11.2. The van der Waals surface area contributed by atoms with Crippen LogP contribution < -0.4 is 20.9 Å². The van der Waals surface area contributed by atoms with Crippen LogP contribution in [-0.4, -0.2) is 90.3 Å². The molecule has 6 rings (SSSR count). The molecule has 10 nitrogen and oxygen atoms in total. The van der Waals surface area contributed by atoms with Crippen LogP contribution >= 0.6 is 0 Å². The van der Waals surface area contributed by atoms with E-state index in [0.29, 0.717) is 30.4 Å². The lowest BCUT2D eigenvalue weighted by atomic mass is 9.87. The van der Waals surface area contributed by atoms with Crippen molar-refractivity contribution in [1.82, 2.24) is 25.0 Å². The molecule has 4 aliphatic rings. The van der Waals surface area contributed by atoms with Crippen molar-refractivity contribution in [2.45, 2.75) is 50.5 Å². The van der Waals surface area contributed by atoms with Gasteiger partial charge >= 0.3 is 0 Å². The van der Waals surface area contributed by atoms with Gasteiger partial charge in [-0.3, -0.25) is 4.90 Å². The number of rotatable bonds is 4. The Morgan fingerprint density at radius 2 is 1.92 bits per heavy atom. The molecule has 2 aromatic heterocycles. The van der Waals surface area contributed by atoms with E-state index < -0.39 is 0 Å². The number of nitrogens with two attached hydrogens (primary N) is 1. The number of nitriles is 1. The summed E-state index contributed by atoms with van der Waals surface area (Å²) in [5.41, 5.74) is 8.03. The van der Waals surface area contributed by atoms with Gasteiger partial charge in [0.05, 0.1) is 42.0 Å². The molecule has 4 unspecified atom stereocenters. The molecule has 6 heterocycles. The average Bonchev–Trinajstić information content (AvgIpc) is 3.33. The van der Waals surface area contributed by atoms with Gasteiger partial charge in [0.2, 0.25) is 0 Å². The minimum Gasteiger partial charge on any atom is -0.373 e. The molecule has 3 saturated heterocycles. The van der Waals surface area contributed by atoms with E-state index in [1.165, 1.54) is 10.9 Å². The molecule has 3 N–H and O–H groups in total. The van der Waals surface area contributed by atoms with Crippen molar-refractivity contribution in [3.63, 3.8) is 0 Å². The fourth-order valence-corrected chi connectivity index (χ4v) is 6.46. The number of nitrogens with zero attached hydrogens (tertiary/aromatic N) is 7. The Balaban J connectivity index is 1.04. The number of aromatic nitrogens is 3. The van der Waals surface area contributed by atoms with Crippen LogP contribution in [0.25, 0.3) is 5.70 Å². The standard InChI is InChI=1S/C28H38FN9O/c1-19-12-20-13-23(14-30)38-28(25(29)17-34-38)27(20)33-16-24(39-19)18-35-8-10-36(11-9-35)22-2-3-26(32-15-22)37-6-4-21(31)5-7-37/h2-3,13,15,17,19-21,24,27,33H,4-12,16,18,31H2,1H3. The van der Waals surface area contributed by atoms with E-state index in [4.69, 9.17) is 15.5 Å². The Morgan fingerprint density at radius 1 is 1.13 bits per heavy atom. The number of piperazine rings is 1. The SMILES string of the molecule is CC1CC2C=C(C#N)n3ncc(F)c3C2NCC(CN2CCN(c3ccc(N4CCC(N)CC4)nc3)CC2)O1. The molecule has 0 aliphatic carbocycles. The zero-order valence-electron chi connectivity index (χ0n) is 22.5. The van der Waals surface area contributed by atoms with Gasteiger partial charge in [-0.1, -0.05) is 0 Å². The van der Waals surface area contributed by atoms with Gasteiger partial charge < -0.3 is 25.6 Å². The summed E-state index contributed by atoms with van der Waals surface area (Å²) in [6, 6.07) is 6.57. The maximum absolute atomic E-state index is 14.7. The van der Waals surface area contributed by atoms with Crippen molar-refractivity contribution in [3.05, 3.63) is 42.1 Å². The first-order valence-corrected chi connectivity index (χ1v) is 14.2.